The minimum atomic E-state index is -1.08. The Labute approximate surface area is 211 Å². The number of carbonyl (C=O) groups is 3. The van der Waals surface area contributed by atoms with Crippen LogP contribution in [0.2, 0.25) is 0 Å². The number of likely N-dealkylation sites (N-methyl/N-ethyl adjacent to an activating group) is 1. The highest BCUT2D eigenvalue weighted by Crippen LogP contribution is 2.23. The number of aromatic nitrogens is 2. The molecule has 4 amide bonds. The SMILES string of the molecule is Cc1nn(-c2ccccc2)c(C)c1CN(C)CC(=O)NN1C(=O)N[C@@](C)(CCc2ccccc2)C1=O. The number of carbonyl (C=O) groups excluding carboxylic acids is 3. The fourth-order valence-corrected chi connectivity index (χ4v) is 4.45. The van der Waals surface area contributed by atoms with Gasteiger partial charge in [0, 0.05) is 17.8 Å². The third-order valence-corrected chi connectivity index (χ3v) is 6.54. The van der Waals surface area contributed by atoms with E-state index in [0.29, 0.717) is 19.4 Å². The van der Waals surface area contributed by atoms with Crippen molar-refractivity contribution in [2.45, 2.75) is 45.7 Å². The summed E-state index contributed by atoms with van der Waals surface area (Å²) in [5, 5.41) is 8.18. The Morgan fingerprint density at radius 2 is 1.69 bits per heavy atom. The van der Waals surface area contributed by atoms with Crippen molar-refractivity contribution in [1.29, 1.82) is 0 Å². The summed E-state index contributed by atoms with van der Waals surface area (Å²) in [5.41, 5.74) is 6.35. The van der Waals surface area contributed by atoms with Crippen molar-refractivity contribution in [2.75, 3.05) is 13.6 Å². The number of nitrogens with one attached hydrogen (secondary N) is 2. The lowest BCUT2D eigenvalue weighted by Crippen LogP contribution is -2.51. The van der Waals surface area contributed by atoms with Gasteiger partial charge in [-0.1, -0.05) is 48.5 Å². The van der Waals surface area contributed by atoms with E-state index in [1.165, 1.54) is 0 Å². The second kappa shape index (κ2) is 10.3. The molecule has 2 aromatic carbocycles. The van der Waals surface area contributed by atoms with Gasteiger partial charge in [-0.2, -0.15) is 10.1 Å². The zero-order valence-corrected chi connectivity index (χ0v) is 21.1. The number of para-hydroxylation sites is 1. The van der Waals surface area contributed by atoms with Crippen LogP contribution in [-0.4, -0.2) is 56.7 Å². The molecule has 1 aliphatic heterocycles. The summed E-state index contributed by atoms with van der Waals surface area (Å²) in [5.74, 6) is -0.908. The van der Waals surface area contributed by atoms with E-state index in [-0.39, 0.29) is 6.54 Å². The molecule has 36 heavy (non-hydrogen) atoms. The molecule has 0 saturated carbocycles. The predicted molar refractivity (Wildman–Crippen MR) is 136 cm³/mol. The Hall–Kier alpha value is -3.98. The molecule has 1 aromatic heterocycles. The highest BCUT2D eigenvalue weighted by atomic mass is 16.2. The van der Waals surface area contributed by atoms with Gasteiger partial charge in [-0.05, 0) is 58.4 Å². The monoisotopic (exact) mass is 488 g/mol. The summed E-state index contributed by atoms with van der Waals surface area (Å²) in [4.78, 5) is 40.1. The molecule has 3 aromatic rings. The van der Waals surface area contributed by atoms with Crippen molar-refractivity contribution in [1.82, 2.24) is 30.4 Å². The van der Waals surface area contributed by atoms with Crippen LogP contribution in [0.5, 0.6) is 0 Å². The highest BCUT2D eigenvalue weighted by molar-refractivity contribution is 6.07. The van der Waals surface area contributed by atoms with Crippen LogP contribution >= 0.6 is 0 Å². The minimum absolute atomic E-state index is 0.00713. The van der Waals surface area contributed by atoms with Gasteiger partial charge in [-0.3, -0.25) is 19.9 Å². The van der Waals surface area contributed by atoms with Crippen LogP contribution < -0.4 is 10.7 Å². The molecule has 1 saturated heterocycles. The second-order valence-electron chi connectivity index (χ2n) is 9.49. The van der Waals surface area contributed by atoms with Crippen molar-refractivity contribution in [3.05, 3.63) is 83.2 Å². The summed E-state index contributed by atoms with van der Waals surface area (Å²) in [6.07, 6.45) is 1.06. The predicted octanol–water partition coefficient (Wildman–Crippen LogP) is 2.90. The van der Waals surface area contributed by atoms with Crippen LogP contribution in [0.25, 0.3) is 5.69 Å². The number of hydrazine groups is 1. The van der Waals surface area contributed by atoms with Crippen LogP contribution in [0.4, 0.5) is 4.79 Å². The van der Waals surface area contributed by atoms with Crippen molar-refractivity contribution in [3.63, 3.8) is 0 Å². The first kappa shape index (κ1) is 25.1. The van der Waals surface area contributed by atoms with Gasteiger partial charge in [0.1, 0.15) is 5.54 Å². The van der Waals surface area contributed by atoms with E-state index in [1.54, 1.807) is 6.92 Å². The molecule has 4 rings (SSSR count). The van der Waals surface area contributed by atoms with E-state index in [2.05, 4.69) is 15.8 Å². The van der Waals surface area contributed by atoms with E-state index in [4.69, 9.17) is 0 Å². The topological polar surface area (TPSA) is 99.6 Å². The first-order valence-corrected chi connectivity index (χ1v) is 12.0. The molecule has 0 bridgehead atoms. The lowest BCUT2D eigenvalue weighted by atomic mass is 9.93. The summed E-state index contributed by atoms with van der Waals surface area (Å²) in [6, 6.07) is 19.0. The normalized spacial score (nSPS) is 17.5. The quantitative estimate of drug-likeness (QED) is 0.451. The van der Waals surface area contributed by atoms with E-state index in [0.717, 1.165) is 33.2 Å². The summed E-state index contributed by atoms with van der Waals surface area (Å²) >= 11 is 0. The fraction of sp³-hybridized carbons (Fsp3) is 0.333. The van der Waals surface area contributed by atoms with E-state index >= 15 is 0 Å². The van der Waals surface area contributed by atoms with Gasteiger partial charge >= 0.3 is 6.03 Å². The average molecular weight is 489 g/mol. The van der Waals surface area contributed by atoms with Gasteiger partial charge in [0.2, 0.25) is 0 Å². The van der Waals surface area contributed by atoms with Crippen molar-refractivity contribution in [3.8, 4) is 5.69 Å². The van der Waals surface area contributed by atoms with Gasteiger partial charge < -0.3 is 5.32 Å². The van der Waals surface area contributed by atoms with Gasteiger partial charge in [0.15, 0.2) is 0 Å². The molecule has 188 valence electrons. The summed E-state index contributed by atoms with van der Waals surface area (Å²) < 4.78 is 1.89. The fourth-order valence-electron chi connectivity index (χ4n) is 4.45. The molecule has 2 N–H and O–H groups in total. The molecule has 2 heterocycles. The maximum atomic E-state index is 13.0. The largest absolute Gasteiger partial charge is 0.344 e. The van der Waals surface area contributed by atoms with Crippen LogP contribution in [0.1, 0.15) is 35.9 Å². The van der Waals surface area contributed by atoms with Crippen LogP contribution in [0, 0.1) is 13.8 Å². The van der Waals surface area contributed by atoms with E-state index < -0.39 is 23.4 Å². The molecular formula is C27H32N6O3. The zero-order chi connectivity index (χ0) is 25.9. The van der Waals surface area contributed by atoms with Crippen LogP contribution in [-0.2, 0) is 22.6 Å². The Balaban J connectivity index is 1.35. The maximum Gasteiger partial charge on any atom is 0.344 e. The Bertz CT molecular complexity index is 1260. The summed E-state index contributed by atoms with van der Waals surface area (Å²) in [6.45, 7) is 6.13. The van der Waals surface area contributed by atoms with E-state index in [1.807, 2.05) is 91.1 Å². The van der Waals surface area contributed by atoms with Gasteiger partial charge in [0.05, 0.1) is 17.9 Å². The maximum absolute atomic E-state index is 13.0. The van der Waals surface area contributed by atoms with Crippen LogP contribution in [0.15, 0.2) is 60.7 Å². The Morgan fingerprint density at radius 3 is 2.36 bits per heavy atom. The molecular weight excluding hydrogens is 456 g/mol. The Morgan fingerprint density at radius 1 is 1.06 bits per heavy atom. The van der Waals surface area contributed by atoms with E-state index in [9.17, 15) is 14.4 Å². The lowest BCUT2D eigenvalue weighted by molar-refractivity contribution is -0.139. The first-order chi connectivity index (χ1) is 17.2. The second-order valence-corrected chi connectivity index (χ2v) is 9.49. The highest BCUT2D eigenvalue weighted by Gasteiger charge is 2.48. The molecule has 9 nitrogen and oxygen atoms in total. The number of rotatable bonds is 9. The average Bonchev–Trinajstić information content (AvgIpc) is 3.26. The van der Waals surface area contributed by atoms with Crippen molar-refractivity contribution >= 4 is 17.8 Å². The number of imide groups is 1. The third-order valence-electron chi connectivity index (χ3n) is 6.54. The number of urea groups is 1. The van der Waals surface area contributed by atoms with Crippen molar-refractivity contribution in [2.24, 2.45) is 0 Å². The molecule has 1 aliphatic rings. The third kappa shape index (κ3) is 5.31. The minimum Gasteiger partial charge on any atom is -0.322 e. The number of aryl methyl sites for hydroxylation is 2. The van der Waals surface area contributed by atoms with Crippen LogP contribution in [0.3, 0.4) is 0 Å². The number of hydrogen-bond donors (Lipinski definition) is 2. The van der Waals surface area contributed by atoms with Gasteiger partial charge in [-0.25, -0.2) is 9.48 Å². The molecule has 0 radical (unpaired) electrons. The first-order valence-electron chi connectivity index (χ1n) is 12.0. The zero-order valence-electron chi connectivity index (χ0n) is 21.1. The number of nitrogens with zero attached hydrogens (tertiary/aromatic N) is 4. The Kier molecular flexibility index (Phi) is 7.21. The number of hydrogen-bond acceptors (Lipinski definition) is 5. The molecule has 9 heteroatoms. The van der Waals surface area contributed by atoms with Gasteiger partial charge in [0.25, 0.3) is 11.8 Å². The smallest absolute Gasteiger partial charge is 0.322 e. The lowest BCUT2D eigenvalue weighted by Gasteiger charge is -2.22. The molecule has 1 atom stereocenters. The number of benzene rings is 2. The van der Waals surface area contributed by atoms with Crippen molar-refractivity contribution < 1.29 is 14.4 Å². The molecule has 0 aliphatic carbocycles. The molecule has 0 unspecified atom stereocenters. The molecule has 1 fully saturated rings. The number of amides is 4. The van der Waals surface area contributed by atoms with Gasteiger partial charge in [-0.15, -0.1) is 0 Å². The summed E-state index contributed by atoms with van der Waals surface area (Å²) in [7, 11) is 1.81. The molecule has 0 spiro atoms. The standard InChI is InChI=1S/C27H32N6O3/c1-19-23(20(2)32(29-19)22-13-9-6-10-14-22)17-31(4)18-24(34)30-33-25(35)27(3,28-26(33)36)16-15-21-11-7-5-8-12-21/h5-14H,15-18H2,1-4H3,(H,28,36)(H,30,34)/t27-/m0/s1.